The number of nitrogens with two attached hydrogens (primary N) is 1. The second-order valence-corrected chi connectivity index (χ2v) is 5.19. The van der Waals surface area contributed by atoms with Gasteiger partial charge in [-0.1, -0.05) is 30.4 Å². The molecule has 0 aromatic heterocycles. The van der Waals surface area contributed by atoms with Crippen LogP contribution in [-0.2, 0) is 6.54 Å². The van der Waals surface area contributed by atoms with Gasteiger partial charge < -0.3 is 16.2 Å². The number of phenolic OH excluding ortho intramolecular Hbond substituents is 1. The Morgan fingerprint density at radius 3 is 2.71 bits per heavy atom. The minimum atomic E-state index is -0.187. The summed E-state index contributed by atoms with van der Waals surface area (Å²) in [6.07, 6.45) is 0. The van der Waals surface area contributed by atoms with Gasteiger partial charge in [-0.2, -0.15) is 0 Å². The van der Waals surface area contributed by atoms with Gasteiger partial charge >= 0.3 is 0 Å². The number of hydrogen-bond acceptors (Lipinski definition) is 3. The van der Waals surface area contributed by atoms with Crippen LogP contribution in [0.5, 0.6) is 5.75 Å². The monoisotopic (exact) mass is 300 g/mol. The summed E-state index contributed by atoms with van der Waals surface area (Å²) in [5.41, 5.74) is 8.55. The van der Waals surface area contributed by atoms with Crippen molar-refractivity contribution in [1.82, 2.24) is 5.32 Å². The molecule has 0 fully saturated rings. The van der Waals surface area contributed by atoms with Crippen LogP contribution in [0.25, 0.3) is 0 Å². The number of benzene rings is 2. The molecule has 0 heterocycles. The number of aromatic hydroxyl groups is 1. The van der Waals surface area contributed by atoms with Crippen molar-refractivity contribution in [3.05, 3.63) is 64.7 Å². The summed E-state index contributed by atoms with van der Waals surface area (Å²) >= 11 is 4.93. The first kappa shape index (κ1) is 15.0. The van der Waals surface area contributed by atoms with Gasteiger partial charge in [0, 0.05) is 17.7 Å². The van der Waals surface area contributed by atoms with Crippen LogP contribution >= 0.6 is 12.2 Å². The highest BCUT2D eigenvalue weighted by Gasteiger charge is 2.09. The number of thiocarbonyl (C=S) groups is 1. The van der Waals surface area contributed by atoms with E-state index in [1.165, 1.54) is 6.07 Å². The van der Waals surface area contributed by atoms with Crippen LogP contribution in [0.3, 0.4) is 0 Å². The van der Waals surface area contributed by atoms with Gasteiger partial charge in [-0.15, -0.1) is 0 Å². The Balaban J connectivity index is 2.07. The van der Waals surface area contributed by atoms with E-state index < -0.39 is 0 Å². The SMILES string of the molecule is Cc1cc(O)ccc1C(=O)NCc1cccc(C(N)=S)c1. The van der Waals surface area contributed by atoms with Crippen LogP contribution in [0.4, 0.5) is 0 Å². The molecule has 0 aliphatic rings. The number of nitrogens with one attached hydrogen (secondary N) is 1. The van der Waals surface area contributed by atoms with Gasteiger partial charge in [0.2, 0.25) is 0 Å². The molecule has 4 N–H and O–H groups in total. The van der Waals surface area contributed by atoms with Crippen molar-refractivity contribution >= 4 is 23.1 Å². The number of carbonyl (C=O) groups is 1. The number of hydrogen-bond donors (Lipinski definition) is 3. The molecule has 108 valence electrons. The van der Waals surface area contributed by atoms with Crippen molar-refractivity contribution < 1.29 is 9.90 Å². The molecular formula is C16H16N2O2S. The van der Waals surface area contributed by atoms with E-state index in [-0.39, 0.29) is 11.7 Å². The summed E-state index contributed by atoms with van der Waals surface area (Å²) in [5, 5.41) is 12.2. The number of aryl methyl sites for hydroxylation is 1. The van der Waals surface area contributed by atoms with Crippen LogP contribution in [0, 0.1) is 6.92 Å². The fourth-order valence-corrected chi connectivity index (χ4v) is 2.14. The molecule has 0 spiro atoms. The van der Waals surface area contributed by atoms with Crippen molar-refractivity contribution in [2.24, 2.45) is 5.73 Å². The lowest BCUT2D eigenvalue weighted by Gasteiger charge is -2.09. The van der Waals surface area contributed by atoms with E-state index in [1.54, 1.807) is 19.1 Å². The van der Waals surface area contributed by atoms with Gasteiger partial charge in [0.25, 0.3) is 5.91 Å². The summed E-state index contributed by atoms with van der Waals surface area (Å²) in [6, 6.07) is 12.1. The third-order valence-electron chi connectivity index (χ3n) is 3.12. The molecule has 0 unspecified atom stereocenters. The topological polar surface area (TPSA) is 75.3 Å². The van der Waals surface area contributed by atoms with Crippen molar-refractivity contribution in [2.75, 3.05) is 0 Å². The maximum absolute atomic E-state index is 12.1. The van der Waals surface area contributed by atoms with E-state index in [4.69, 9.17) is 18.0 Å². The smallest absolute Gasteiger partial charge is 0.251 e. The molecule has 0 saturated carbocycles. The third kappa shape index (κ3) is 3.79. The summed E-state index contributed by atoms with van der Waals surface area (Å²) < 4.78 is 0. The van der Waals surface area contributed by atoms with Crippen LogP contribution < -0.4 is 11.1 Å². The molecule has 0 aliphatic carbocycles. The van der Waals surface area contributed by atoms with Gasteiger partial charge in [0.1, 0.15) is 10.7 Å². The highest BCUT2D eigenvalue weighted by molar-refractivity contribution is 7.80. The predicted octanol–water partition coefficient (Wildman–Crippen LogP) is 2.26. The van der Waals surface area contributed by atoms with Gasteiger partial charge in [0.05, 0.1) is 0 Å². The molecule has 0 saturated heterocycles. The zero-order valence-electron chi connectivity index (χ0n) is 11.6. The number of phenols is 1. The maximum atomic E-state index is 12.1. The summed E-state index contributed by atoms with van der Waals surface area (Å²) in [5.74, 6) is -0.0403. The molecular weight excluding hydrogens is 284 g/mol. The lowest BCUT2D eigenvalue weighted by molar-refractivity contribution is 0.0950. The van der Waals surface area contributed by atoms with Gasteiger partial charge in [0.15, 0.2) is 0 Å². The number of rotatable bonds is 4. The lowest BCUT2D eigenvalue weighted by atomic mass is 10.1. The number of amides is 1. The van der Waals surface area contributed by atoms with E-state index in [0.717, 1.165) is 16.7 Å². The first-order chi connectivity index (χ1) is 9.97. The molecule has 0 aliphatic heterocycles. The molecule has 2 aromatic rings. The average molecular weight is 300 g/mol. The fourth-order valence-electron chi connectivity index (χ4n) is 2.01. The van der Waals surface area contributed by atoms with Crippen molar-refractivity contribution in [1.29, 1.82) is 0 Å². The Labute approximate surface area is 128 Å². The Bertz CT molecular complexity index is 698. The molecule has 4 nitrogen and oxygen atoms in total. The highest BCUT2D eigenvalue weighted by atomic mass is 32.1. The van der Waals surface area contributed by atoms with Gasteiger partial charge in [-0.05, 0) is 42.3 Å². The molecule has 0 radical (unpaired) electrons. The molecule has 1 amide bonds. The second kappa shape index (κ2) is 6.37. The zero-order chi connectivity index (χ0) is 15.4. The lowest BCUT2D eigenvalue weighted by Crippen LogP contribution is -2.23. The summed E-state index contributed by atoms with van der Waals surface area (Å²) in [4.78, 5) is 12.5. The Hall–Kier alpha value is -2.40. The normalized spacial score (nSPS) is 10.1. The minimum Gasteiger partial charge on any atom is -0.508 e. The number of carbonyl (C=O) groups excluding carboxylic acids is 1. The van der Waals surface area contributed by atoms with E-state index in [9.17, 15) is 9.90 Å². The Kier molecular flexibility index (Phi) is 4.55. The maximum Gasteiger partial charge on any atom is 0.251 e. The fraction of sp³-hybridized carbons (Fsp3) is 0.125. The predicted molar refractivity (Wildman–Crippen MR) is 86.3 cm³/mol. The van der Waals surface area contributed by atoms with E-state index >= 15 is 0 Å². The Morgan fingerprint density at radius 2 is 2.05 bits per heavy atom. The Morgan fingerprint density at radius 1 is 1.29 bits per heavy atom. The largest absolute Gasteiger partial charge is 0.508 e. The van der Waals surface area contributed by atoms with Crippen LogP contribution in [0.2, 0.25) is 0 Å². The quantitative estimate of drug-likeness (QED) is 0.757. The molecule has 2 aromatic carbocycles. The average Bonchev–Trinajstić information content (AvgIpc) is 2.45. The van der Waals surface area contributed by atoms with E-state index in [2.05, 4.69) is 5.32 Å². The molecule has 5 heteroatoms. The third-order valence-corrected chi connectivity index (χ3v) is 3.35. The minimum absolute atomic E-state index is 0.146. The summed E-state index contributed by atoms with van der Waals surface area (Å²) in [6.45, 7) is 2.16. The van der Waals surface area contributed by atoms with Crippen LogP contribution in [0.1, 0.15) is 27.0 Å². The molecule has 0 atom stereocenters. The van der Waals surface area contributed by atoms with Gasteiger partial charge in [-0.25, -0.2) is 0 Å². The standard InChI is InChI=1S/C16H16N2O2S/c1-10-7-13(19)5-6-14(10)16(20)18-9-11-3-2-4-12(8-11)15(17)21/h2-8,19H,9H2,1H3,(H2,17,21)(H,18,20). The second-order valence-electron chi connectivity index (χ2n) is 4.75. The molecule has 2 rings (SSSR count). The molecule has 21 heavy (non-hydrogen) atoms. The first-order valence-corrected chi connectivity index (χ1v) is 6.85. The summed E-state index contributed by atoms with van der Waals surface area (Å²) in [7, 11) is 0. The van der Waals surface area contributed by atoms with Crippen LogP contribution in [0.15, 0.2) is 42.5 Å². The van der Waals surface area contributed by atoms with Crippen molar-refractivity contribution in [3.63, 3.8) is 0 Å². The highest BCUT2D eigenvalue weighted by Crippen LogP contribution is 2.15. The van der Waals surface area contributed by atoms with Crippen LogP contribution in [-0.4, -0.2) is 16.0 Å². The van der Waals surface area contributed by atoms with Crippen molar-refractivity contribution in [2.45, 2.75) is 13.5 Å². The van der Waals surface area contributed by atoms with E-state index in [0.29, 0.717) is 17.1 Å². The van der Waals surface area contributed by atoms with Crippen molar-refractivity contribution in [3.8, 4) is 5.75 Å². The molecule has 0 bridgehead atoms. The van der Waals surface area contributed by atoms with Gasteiger partial charge in [-0.3, -0.25) is 4.79 Å². The zero-order valence-corrected chi connectivity index (χ0v) is 12.4. The van der Waals surface area contributed by atoms with E-state index in [1.807, 2.05) is 24.3 Å². The first-order valence-electron chi connectivity index (χ1n) is 6.44.